The molecule has 0 radical (unpaired) electrons. The monoisotopic (exact) mass is 1110 g/mol. The summed E-state index contributed by atoms with van der Waals surface area (Å²) in [5, 5.41) is 10.7. The van der Waals surface area contributed by atoms with Crippen LogP contribution in [0.4, 0.5) is 8.78 Å². The fraction of sp³-hybridized carbons (Fsp3) is 0.440. The summed E-state index contributed by atoms with van der Waals surface area (Å²) < 4.78 is 57.5. The van der Waals surface area contributed by atoms with Gasteiger partial charge >= 0.3 is 13.3 Å². The molecule has 27 heteroatoms. The number of hydrogen-bond acceptors (Lipinski definition) is 15. The largest absolute Gasteiger partial charge is 0.483 e. The number of amides is 9. The second-order valence-electron chi connectivity index (χ2n) is 19.2. The maximum atomic E-state index is 14.5. The molecule has 4 saturated heterocycles. The smallest absolute Gasteiger partial charge is 0.399 e. The van der Waals surface area contributed by atoms with Gasteiger partial charge in [0.2, 0.25) is 29.5 Å². The van der Waals surface area contributed by atoms with Gasteiger partial charge in [0, 0.05) is 35.5 Å². The zero-order valence-corrected chi connectivity index (χ0v) is 42.8. The lowest BCUT2D eigenvalue weighted by Gasteiger charge is -2.51. The van der Waals surface area contributed by atoms with Gasteiger partial charge < -0.3 is 49.7 Å². The Morgan fingerprint density at radius 1 is 0.870 bits per heavy atom. The summed E-state index contributed by atoms with van der Waals surface area (Å²) in [5.74, 6) is -5.23. The van der Waals surface area contributed by atoms with E-state index in [1.165, 1.54) is 30.3 Å². The fourth-order valence-corrected chi connectivity index (χ4v) is 11.7. The van der Waals surface area contributed by atoms with Crippen LogP contribution >= 0.6 is 18.9 Å². The minimum atomic E-state index is -5.83. The third kappa shape index (κ3) is 11.3. The van der Waals surface area contributed by atoms with Crippen LogP contribution in [-0.2, 0) is 54.0 Å². The lowest BCUT2D eigenvalue weighted by atomic mass is 9.84. The highest BCUT2D eigenvalue weighted by Gasteiger charge is 2.54. The number of likely N-dealkylation sites (tertiary alicyclic amines) is 1. The molecule has 0 saturated carbocycles. The molecule has 2 aromatic carbocycles. The number of fused-ring (bicyclic) bond motifs is 3. The Hall–Kier alpha value is -7.09. The van der Waals surface area contributed by atoms with Crippen LogP contribution in [-0.4, -0.2) is 159 Å². The quantitative estimate of drug-likeness (QED) is 0.0445. The van der Waals surface area contributed by atoms with Gasteiger partial charge in [-0.1, -0.05) is 31.0 Å². The van der Waals surface area contributed by atoms with Gasteiger partial charge in [-0.3, -0.25) is 62.9 Å². The first-order valence-electron chi connectivity index (χ1n) is 24.8. The van der Waals surface area contributed by atoms with E-state index in [0.717, 1.165) is 34.8 Å². The summed E-state index contributed by atoms with van der Waals surface area (Å²) in [4.78, 5) is 145. The molecule has 5 aliphatic rings. The Balaban J connectivity index is 0.721. The summed E-state index contributed by atoms with van der Waals surface area (Å²) in [7, 11) is -5.83. The lowest BCUT2D eigenvalue weighted by Crippen LogP contribution is -2.71. The topological polar surface area (TPSA) is 310 Å². The van der Waals surface area contributed by atoms with Gasteiger partial charge in [0.1, 0.15) is 36.0 Å². The predicted molar refractivity (Wildman–Crippen MR) is 265 cm³/mol. The number of nitrogens with one attached hydrogen (secondary N) is 4. The van der Waals surface area contributed by atoms with Gasteiger partial charge in [0.05, 0.1) is 54.6 Å². The number of pyridine rings is 1. The lowest BCUT2D eigenvalue weighted by molar-refractivity contribution is -0.154. The molecule has 77 heavy (non-hydrogen) atoms. The van der Waals surface area contributed by atoms with Crippen LogP contribution in [0.15, 0.2) is 66.9 Å². The number of alkyl halides is 2. The van der Waals surface area contributed by atoms with Crippen molar-refractivity contribution in [3.05, 3.63) is 94.1 Å². The molecule has 23 nitrogen and oxygen atoms in total. The number of hydrogen-bond donors (Lipinski definition) is 6. The van der Waals surface area contributed by atoms with Crippen LogP contribution in [0.3, 0.4) is 0 Å². The molecule has 9 amide bonds. The number of ether oxygens (including phenoxy) is 3. The molecule has 4 fully saturated rings. The van der Waals surface area contributed by atoms with Gasteiger partial charge in [-0.05, 0) is 80.0 Å². The number of benzene rings is 2. The number of aromatic nitrogens is 1. The molecule has 0 aliphatic carbocycles. The molecule has 0 bridgehead atoms. The Labute approximate surface area is 441 Å². The minimum Gasteiger partial charge on any atom is -0.483 e. The van der Waals surface area contributed by atoms with Gasteiger partial charge in [0.15, 0.2) is 6.61 Å². The maximum absolute atomic E-state index is 14.5. The van der Waals surface area contributed by atoms with Crippen LogP contribution in [0, 0.1) is 0 Å². The average molecular weight is 1110 g/mol. The molecule has 5 aliphatic heterocycles. The van der Waals surface area contributed by atoms with Crippen molar-refractivity contribution in [2.24, 2.45) is 0 Å². The fourth-order valence-electron chi connectivity index (χ4n) is 10.3. The van der Waals surface area contributed by atoms with E-state index < -0.39 is 96.4 Å². The van der Waals surface area contributed by atoms with Crippen molar-refractivity contribution in [2.45, 2.75) is 86.7 Å². The zero-order valence-electron chi connectivity index (χ0n) is 41.1. The number of nitrogens with zero attached hydrogens (tertiary/aromatic N) is 4. The van der Waals surface area contributed by atoms with E-state index >= 15 is 0 Å². The van der Waals surface area contributed by atoms with Crippen molar-refractivity contribution in [3.8, 4) is 5.75 Å². The van der Waals surface area contributed by atoms with Gasteiger partial charge in [0.25, 0.3) is 23.6 Å². The van der Waals surface area contributed by atoms with Crippen molar-refractivity contribution in [2.75, 3.05) is 52.7 Å². The first-order chi connectivity index (χ1) is 36.8. The van der Waals surface area contributed by atoms with E-state index in [2.05, 4.69) is 26.3 Å². The zero-order chi connectivity index (χ0) is 54.8. The number of carbonyl (C=O) groups excluding carboxylic acids is 9. The Morgan fingerprint density at radius 2 is 1.65 bits per heavy atom. The first kappa shape index (κ1) is 54.7. The summed E-state index contributed by atoms with van der Waals surface area (Å²) in [6, 6.07) is 10.6. The summed E-state index contributed by atoms with van der Waals surface area (Å²) in [6.07, 6.45) is 4.74. The van der Waals surface area contributed by atoms with Crippen LogP contribution in [0.5, 0.6) is 5.75 Å². The molecule has 2 aromatic heterocycles. The molecule has 408 valence electrons. The van der Waals surface area contributed by atoms with Crippen molar-refractivity contribution in [1.82, 2.24) is 41.0 Å². The highest BCUT2D eigenvalue weighted by molar-refractivity contribution is 7.52. The maximum Gasteiger partial charge on any atom is 0.399 e. The Bertz CT molecular complexity index is 3080. The normalized spacial score (nSPS) is 21.4. The van der Waals surface area contributed by atoms with E-state index in [-0.39, 0.29) is 104 Å². The molecular weight excluding hydrogens is 1050 g/mol. The molecule has 4 atom stereocenters. The van der Waals surface area contributed by atoms with Crippen LogP contribution in [0.1, 0.15) is 93.0 Å². The first-order valence-corrected chi connectivity index (χ1v) is 27.2. The van der Waals surface area contributed by atoms with Gasteiger partial charge in [-0.25, -0.2) is 0 Å². The van der Waals surface area contributed by atoms with Crippen LogP contribution in [0.2, 0.25) is 0 Å². The number of rotatable bonds is 19. The molecule has 0 spiro atoms. The molecule has 9 rings (SSSR count). The second-order valence-corrected chi connectivity index (χ2v) is 22.0. The average Bonchev–Trinajstić information content (AvgIpc) is 4.23. The Morgan fingerprint density at radius 3 is 2.40 bits per heavy atom. The van der Waals surface area contributed by atoms with E-state index in [1.54, 1.807) is 34.2 Å². The van der Waals surface area contributed by atoms with E-state index in [4.69, 9.17) is 14.2 Å². The number of piperidine rings is 1. The Kier molecular flexibility index (Phi) is 16.0. The number of halogens is 2. The highest BCUT2D eigenvalue weighted by atomic mass is 32.1. The standard InChI is InChI=1S/C50H53F2N8O15PS/c51-50(52,76(70,71)72)29-11-15-36-28(22-29)23-37(77-36)44(65)55-32-8-2-1-6-30-12-13-34(59(30)46(32)67)47(68)58-26-49(27-58,38-10-3-4-17-53-38)57-41(63)24-74-21-20-73-19-18-54-40(62)25-75-35-9-5-7-31-42(35)48(69)60(45(31)66)33-14-16-39(61)56-43(33)64/h3-5,7,9-11,15,17,22-23,30,32-34H,1-2,6,8,12-14,16,18-21,24-27H2,(H,54,62)(H,55,65)(H,57,63)(H,56,61,64)(H2,70,71,72)/t30-,32?,33?,34+/m1/s1. The SMILES string of the molecule is O=C(COc1cccc2c1C(=O)N(C1CCC(=O)NC1=O)C2=O)NCCOCCOCC(=O)NC1(c2ccccn2)CN(C(=O)[C@@H]2CC[C@H]3CCCCC(NC(=O)c4cc5cc(C(F)(F)P(=O)(O)O)ccc5s4)C(=O)N32)C1. The third-order valence-electron chi connectivity index (χ3n) is 14.1. The van der Waals surface area contributed by atoms with E-state index in [9.17, 15) is 66.3 Å². The van der Waals surface area contributed by atoms with Crippen molar-refractivity contribution < 1.29 is 80.5 Å². The van der Waals surface area contributed by atoms with E-state index in [1.807, 2.05) is 0 Å². The second kappa shape index (κ2) is 22.5. The van der Waals surface area contributed by atoms with Crippen molar-refractivity contribution >= 4 is 82.2 Å². The molecule has 2 unspecified atom stereocenters. The van der Waals surface area contributed by atoms with Crippen LogP contribution < -0.4 is 26.0 Å². The highest BCUT2D eigenvalue weighted by Crippen LogP contribution is 2.59. The predicted octanol–water partition coefficient (Wildman–Crippen LogP) is 2.04. The molecular formula is C50H53F2N8O15PS. The summed E-state index contributed by atoms with van der Waals surface area (Å²) in [5.41, 5.74) is -6.01. The number of thiophene rings is 1. The molecule has 7 heterocycles. The minimum absolute atomic E-state index is 0.00425. The summed E-state index contributed by atoms with van der Waals surface area (Å²) in [6.45, 7) is -0.580. The van der Waals surface area contributed by atoms with Gasteiger partial charge in [-0.2, -0.15) is 8.78 Å². The van der Waals surface area contributed by atoms with Crippen molar-refractivity contribution in [1.29, 1.82) is 0 Å². The molecule has 6 N–H and O–H groups in total. The van der Waals surface area contributed by atoms with Crippen LogP contribution in [0.25, 0.3) is 10.1 Å². The number of imide groups is 2. The van der Waals surface area contributed by atoms with Crippen molar-refractivity contribution in [3.63, 3.8) is 0 Å². The van der Waals surface area contributed by atoms with Gasteiger partial charge in [-0.15, -0.1) is 11.3 Å². The van der Waals surface area contributed by atoms with E-state index in [0.29, 0.717) is 36.1 Å². The molecule has 4 aromatic rings. The third-order valence-corrected chi connectivity index (χ3v) is 16.2. The number of carbonyl (C=O) groups is 9. The summed E-state index contributed by atoms with van der Waals surface area (Å²) >= 11 is 0.964.